The van der Waals surface area contributed by atoms with Crippen molar-refractivity contribution in [2.75, 3.05) is 25.0 Å². The summed E-state index contributed by atoms with van der Waals surface area (Å²) in [6.45, 7) is 2.06. The van der Waals surface area contributed by atoms with Crippen LogP contribution < -0.4 is 5.32 Å². The molecule has 1 saturated heterocycles. The Hall–Kier alpha value is -1.55. The lowest BCUT2D eigenvalue weighted by Gasteiger charge is -2.27. The lowest BCUT2D eigenvalue weighted by atomic mass is 9.96. The van der Waals surface area contributed by atoms with Crippen molar-refractivity contribution in [3.05, 3.63) is 29.3 Å². The molecule has 0 aliphatic carbocycles. The zero-order valence-corrected chi connectivity index (χ0v) is 12.5. The Morgan fingerprint density at radius 3 is 3.14 bits per heavy atom. The van der Waals surface area contributed by atoms with Gasteiger partial charge in [0.1, 0.15) is 0 Å². The van der Waals surface area contributed by atoms with Crippen molar-refractivity contribution in [2.45, 2.75) is 44.6 Å². The molecule has 1 aromatic carbocycles. The summed E-state index contributed by atoms with van der Waals surface area (Å²) in [5.41, 5.74) is 3.18. The first kappa shape index (κ1) is 14.4. The molecule has 4 nitrogen and oxygen atoms in total. The molecular weight excluding hydrogens is 264 g/mol. The molecule has 2 N–H and O–H groups in total. The number of aliphatic hydroxyl groups is 1. The molecule has 0 saturated carbocycles. The molecule has 4 heteroatoms. The Bertz CT molecular complexity index is 516. The molecule has 2 aliphatic rings. The normalized spacial score (nSPS) is 21.0. The molecular formula is C17H24N2O2. The summed E-state index contributed by atoms with van der Waals surface area (Å²) in [7, 11) is 0. The fraction of sp³-hybridized carbons (Fsp3) is 0.588. The smallest absolute Gasteiger partial charge is 0.254 e. The third-order valence-electron chi connectivity index (χ3n) is 4.66. The predicted molar refractivity (Wildman–Crippen MR) is 83.6 cm³/mol. The van der Waals surface area contributed by atoms with Gasteiger partial charge in [-0.3, -0.25) is 4.79 Å². The number of likely N-dealkylation sites (tertiary alicyclic amines) is 1. The highest BCUT2D eigenvalue weighted by Crippen LogP contribution is 2.29. The van der Waals surface area contributed by atoms with Gasteiger partial charge >= 0.3 is 0 Å². The lowest BCUT2D eigenvalue weighted by molar-refractivity contribution is 0.0723. The Morgan fingerprint density at radius 1 is 1.38 bits per heavy atom. The van der Waals surface area contributed by atoms with E-state index in [0.717, 1.165) is 62.9 Å². The highest BCUT2D eigenvalue weighted by Gasteiger charge is 2.30. The minimum atomic E-state index is 0.177. The molecule has 0 aromatic heterocycles. The van der Waals surface area contributed by atoms with Gasteiger partial charge in [0, 0.05) is 37.0 Å². The molecule has 0 spiro atoms. The van der Waals surface area contributed by atoms with Gasteiger partial charge < -0.3 is 15.3 Å². The number of rotatable bonds is 4. The molecule has 1 fully saturated rings. The summed E-state index contributed by atoms with van der Waals surface area (Å²) in [5.74, 6) is 0.177. The molecule has 21 heavy (non-hydrogen) atoms. The van der Waals surface area contributed by atoms with Crippen molar-refractivity contribution < 1.29 is 9.90 Å². The average Bonchev–Trinajstić information content (AvgIpc) is 3.00. The van der Waals surface area contributed by atoms with Gasteiger partial charge in [-0.15, -0.1) is 0 Å². The fourth-order valence-electron chi connectivity index (χ4n) is 3.60. The maximum absolute atomic E-state index is 12.9. The summed E-state index contributed by atoms with van der Waals surface area (Å²) >= 11 is 0. The number of hydrogen-bond donors (Lipinski definition) is 2. The van der Waals surface area contributed by atoms with E-state index in [1.165, 1.54) is 5.56 Å². The van der Waals surface area contributed by atoms with Crippen molar-refractivity contribution in [2.24, 2.45) is 0 Å². The summed E-state index contributed by atoms with van der Waals surface area (Å²) < 4.78 is 0. The summed E-state index contributed by atoms with van der Waals surface area (Å²) in [6.07, 6.45) is 5.91. The van der Waals surface area contributed by atoms with Gasteiger partial charge in [0.2, 0.25) is 0 Å². The monoisotopic (exact) mass is 288 g/mol. The number of carbonyl (C=O) groups is 1. The molecule has 3 rings (SSSR count). The Labute approximate surface area is 126 Å². The number of hydrogen-bond acceptors (Lipinski definition) is 3. The van der Waals surface area contributed by atoms with Crippen molar-refractivity contribution in [3.63, 3.8) is 0 Å². The van der Waals surface area contributed by atoms with Crippen LogP contribution in [0.4, 0.5) is 5.69 Å². The van der Waals surface area contributed by atoms with E-state index in [1.54, 1.807) is 0 Å². The van der Waals surface area contributed by atoms with Gasteiger partial charge in [0.15, 0.2) is 0 Å². The Kier molecular flexibility index (Phi) is 4.44. The minimum Gasteiger partial charge on any atom is -0.396 e. The summed E-state index contributed by atoms with van der Waals surface area (Å²) in [4.78, 5) is 15.0. The third-order valence-corrected chi connectivity index (χ3v) is 4.66. The van der Waals surface area contributed by atoms with Crippen molar-refractivity contribution in [1.29, 1.82) is 0 Å². The third kappa shape index (κ3) is 2.91. The van der Waals surface area contributed by atoms with Gasteiger partial charge in [-0.1, -0.05) is 6.07 Å². The summed E-state index contributed by atoms with van der Waals surface area (Å²) in [6, 6.07) is 6.31. The number of benzene rings is 1. The molecule has 0 bridgehead atoms. The van der Waals surface area contributed by atoms with Crippen LogP contribution in [0.25, 0.3) is 0 Å². The minimum absolute atomic E-state index is 0.177. The number of amides is 1. The van der Waals surface area contributed by atoms with Crippen LogP contribution in [-0.2, 0) is 6.42 Å². The zero-order valence-electron chi connectivity index (χ0n) is 12.5. The van der Waals surface area contributed by atoms with E-state index in [-0.39, 0.29) is 12.5 Å². The van der Waals surface area contributed by atoms with Gasteiger partial charge in [-0.05, 0) is 56.2 Å². The first-order valence-electron chi connectivity index (χ1n) is 8.09. The van der Waals surface area contributed by atoms with E-state index in [4.69, 9.17) is 5.11 Å². The van der Waals surface area contributed by atoms with Gasteiger partial charge in [0.05, 0.1) is 0 Å². The molecule has 2 heterocycles. The largest absolute Gasteiger partial charge is 0.396 e. The van der Waals surface area contributed by atoms with E-state index >= 15 is 0 Å². The quantitative estimate of drug-likeness (QED) is 0.894. The number of aliphatic hydroxyl groups excluding tert-OH is 1. The molecule has 1 unspecified atom stereocenters. The first-order chi connectivity index (χ1) is 10.3. The molecule has 1 aromatic rings. The average molecular weight is 288 g/mol. The maximum Gasteiger partial charge on any atom is 0.254 e. The van der Waals surface area contributed by atoms with Crippen LogP contribution in [0.5, 0.6) is 0 Å². The van der Waals surface area contributed by atoms with Crippen molar-refractivity contribution in [3.8, 4) is 0 Å². The molecule has 1 atom stereocenters. The van der Waals surface area contributed by atoms with Crippen LogP contribution in [0.3, 0.4) is 0 Å². The highest BCUT2D eigenvalue weighted by atomic mass is 16.3. The Balaban J connectivity index is 1.81. The van der Waals surface area contributed by atoms with E-state index in [1.807, 2.05) is 17.0 Å². The topological polar surface area (TPSA) is 52.6 Å². The second-order valence-electron chi connectivity index (χ2n) is 6.02. The van der Waals surface area contributed by atoms with Gasteiger partial charge in [-0.2, -0.15) is 0 Å². The zero-order chi connectivity index (χ0) is 14.7. The van der Waals surface area contributed by atoms with Crippen LogP contribution in [0.2, 0.25) is 0 Å². The van der Waals surface area contributed by atoms with Crippen LogP contribution in [0.15, 0.2) is 18.2 Å². The molecule has 114 valence electrons. The highest BCUT2D eigenvalue weighted by molar-refractivity contribution is 5.97. The number of anilines is 1. The predicted octanol–water partition coefficient (Wildman–Crippen LogP) is 2.42. The maximum atomic E-state index is 12.9. The van der Waals surface area contributed by atoms with Crippen molar-refractivity contribution in [1.82, 2.24) is 4.90 Å². The Morgan fingerprint density at radius 2 is 2.29 bits per heavy atom. The van der Waals surface area contributed by atoms with Crippen LogP contribution >= 0.6 is 0 Å². The summed E-state index contributed by atoms with van der Waals surface area (Å²) in [5, 5.41) is 12.4. The number of fused-ring (bicyclic) bond motifs is 1. The lowest BCUT2D eigenvalue weighted by Crippen LogP contribution is -2.36. The van der Waals surface area contributed by atoms with E-state index in [0.29, 0.717) is 6.04 Å². The standard InChI is InChI=1S/C17H24N2O2/c20-12-4-6-13-5-3-11-19(13)17(21)15-7-1-9-16-14(15)8-2-10-18-16/h1,7,9,13,18,20H,2-6,8,10-12H2. The van der Waals surface area contributed by atoms with E-state index in [2.05, 4.69) is 11.4 Å². The number of nitrogens with zero attached hydrogens (tertiary/aromatic N) is 1. The molecule has 0 radical (unpaired) electrons. The van der Waals surface area contributed by atoms with Gasteiger partial charge in [0.25, 0.3) is 5.91 Å². The first-order valence-corrected chi connectivity index (χ1v) is 8.09. The van der Waals surface area contributed by atoms with Crippen molar-refractivity contribution >= 4 is 11.6 Å². The van der Waals surface area contributed by atoms with Crippen LogP contribution in [-0.4, -0.2) is 41.7 Å². The SMILES string of the molecule is O=C(c1cccc2c1CCCN2)N1CCCC1CCCO. The molecule has 1 amide bonds. The number of carbonyl (C=O) groups excluding carboxylic acids is 1. The van der Waals surface area contributed by atoms with Gasteiger partial charge in [-0.25, -0.2) is 0 Å². The fourth-order valence-corrected chi connectivity index (χ4v) is 3.60. The molecule has 2 aliphatic heterocycles. The van der Waals surface area contributed by atoms with Crippen LogP contribution in [0, 0.1) is 0 Å². The second kappa shape index (κ2) is 6.48. The van der Waals surface area contributed by atoms with E-state index < -0.39 is 0 Å². The van der Waals surface area contributed by atoms with Crippen LogP contribution in [0.1, 0.15) is 48.0 Å². The van der Waals surface area contributed by atoms with E-state index in [9.17, 15) is 4.79 Å². The second-order valence-corrected chi connectivity index (χ2v) is 6.02. The number of nitrogens with one attached hydrogen (secondary N) is 1.